The van der Waals surface area contributed by atoms with Gasteiger partial charge in [0, 0.05) is 19.6 Å². The van der Waals surface area contributed by atoms with Crippen LogP contribution in [0.1, 0.15) is 37.6 Å². The van der Waals surface area contributed by atoms with Gasteiger partial charge in [-0.2, -0.15) is 0 Å². The van der Waals surface area contributed by atoms with Crippen molar-refractivity contribution in [3.05, 3.63) is 29.8 Å². The van der Waals surface area contributed by atoms with E-state index in [0.29, 0.717) is 12.1 Å². The molecule has 2 rings (SSSR count). The van der Waals surface area contributed by atoms with Crippen LogP contribution in [-0.2, 0) is 4.74 Å². The molecule has 1 fully saturated rings. The number of carbonyl (C=O) groups excluding carboxylic acids is 1. The Labute approximate surface area is 136 Å². The third-order valence-corrected chi connectivity index (χ3v) is 3.69. The van der Waals surface area contributed by atoms with Crippen molar-refractivity contribution in [1.29, 1.82) is 0 Å². The summed E-state index contributed by atoms with van der Waals surface area (Å²) in [7, 11) is 0. The lowest BCUT2D eigenvalue weighted by Crippen LogP contribution is -2.36. The maximum absolute atomic E-state index is 11.7. The summed E-state index contributed by atoms with van der Waals surface area (Å²) in [5.41, 5.74) is 0.541. The van der Waals surface area contributed by atoms with Crippen LogP contribution in [0.3, 0.4) is 0 Å². The van der Waals surface area contributed by atoms with Gasteiger partial charge < -0.3 is 20.1 Å². The van der Waals surface area contributed by atoms with E-state index in [1.54, 1.807) is 12.1 Å². The number of anilines is 1. The Bertz CT molecular complexity index is 580. The van der Waals surface area contributed by atoms with Gasteiger partial charge in [-0.15, -0.1) is 0 Å². The molecule has 0 aromatic heterocycles. The molecule has 1 aromatic rings. The van der Waals surface area contributed by atoms with Crippen molar-refractivity contribution < 1.29 is 19.4 Å². The zero-order chi connectivity index (χ0) is 17.0. The van der Waals surface area contributed by atoms with Crippen molar-refractivity contribution in [2.75, 3.05) is 24.5 Å². The summed E-state index contributed by atoms with van der Waals surface area (Å²) in [6.07, 6.45) is 0.492. The van der Waals surface area contributed by atoms with Gasteiger partial charge in [-0.1, -0.05) is 12.1 Å². The summed E-state index contributed by atoms with van der Waals surface area (Å²) in [5, 5.41) is 12.1. The Morgan fingerprint density at radius 1 is 1.35 bits per heavy atom. The van der Waals surface area contributed by atoms with E-state index in [1.807, 2.05) is 32.9 Å². The molecule has 1 saturated heterocycles. The highest BCUT2D eigenvalue weighted by Crippen LogP contribution is 2.27. The van der Waals surface area contributed by atoms with Crippen molar-refractivity contribution in [3.63, 3.8) is 0 Å². The first-order valence-electron chi connectivity index (χ1n) is 7.80. The van der Waals surface area contributed by atoms with Crippen molar-refractivity contribution in [2.24, 2.45) is 5.92 Å². The molecule has 23 heavy (non-hydrogen) atoms. The first kappa shape index (κ1) is 17.1. The standard InChI is InChI=1S/C17H24N2O4/c1-17(2,3)23-16(22)18-10-12-8-9-19(11-12)14-7-5-4-6-13(14)15(20)21/h4-7,12H,8-11H2,1-3H3,(H,18,22)(H,20,21)/t12-/m1/s1. The van der Waals surface area contributed by atoms with Gasteiger partial charge >= 0.3 is 12.1 Å². The van der Waals surface area contributed by atoms with E-state index >= 15 is 0 Å². The van der Waals surface area contributed by atoms with Gasteiger partial charge in [0.15, 0.2) is 0 Å². The van der Waals surface area contributed by atoms with Gasteiger partial charge in [0.25, 0.3) is 0 Å². The molecule has 6 heteroatoms. The van der Waals surface area contributed by atoms with Crippen molar-refractivity contribution >= 4 is 17.7 Å². The normalized spacial score (nSPS) is 17.9. The molecular weight excluding hydrogens is 296 g/mol. The summed E-state index contributed by atoms with van der Waals surface area (Å²) >= 11 is 0. The van der Waals surface area contributed by atoms with Crippen LogP contribution in [0.15, 0.2) is 24.3 Å². The zero-order valence-electron chi connectivity index (χ0n) is 13.8. The number of alkyl carbamates (subject to hydrolysis) is 1. The second-order valence-electron chi connectivity index (χ2n) is 6.81. The summed E-state index contributed by atoms with van der Waals surface area (Å²) in [6, 6.07) is 7.01. The smallest absolute Gasteiger partial charge is 0.407 e. The minimum absolute atomic E-state index is 0.282. The third kappa shape index (κ3) is 4.87. The van der Waals surface area contributed by atoms with E-state index in [4.69, 9.17) is 4.74 Å². The molecule has 0 saturated carbocycles. The molecule has 0 bridgehead atoms. The lowest BCUT2D eigenvalue weighted by molar-refractivity contribution is 0.0520. The number of hydrogen-bond acceptors (Lipinski definition) is 4. The average molecular weight is 320 g/mol. The second-order valence-corrected chi connectivity index (χ2v) is 6.81. The van der Waals surface area contributed by atoms with Crippen LogP contribution in [0, 0.1) is 5.92 Å². The number of carboxylic acids is 1. The van der Waals surface area contributed by atoms with E-state index in [0.717, 1.165) is 25.2 Å². The monoisotopic (exact) mass is 320 g/mol. The van der Waals surface area contributed by atoms with Gasteiger partial charge in [-0.25, -0.2) is 9.59 Å². The predicted molar refractivity (Wildman–Crippen MR) is 88.0 cm³/mol. The molecule has 1 aliphatic heterocycles. The molecule has 1 aliphatic rings. The molecule has 1 atom stereocenters. The Morgan fingerprint density at radius 2 is 2.04 bits per heavy atom. The topological polar surface area (TPSA) is 78.9 Å². The Hall–Kier alpha value is -2.24. The number of rotatable bonds is 4. The summed E-state index contributed by atoms with van der Waals surface area (Å²) in [6.45, 7) is 7.51. The molecule has 126 valence electrons. The summed E-state index contributed by atoms with van der Waals surface area (Å²) in [4.78, 5) is 25.1. The lowest BCUT2D eigenvalue weighted by atomic mass is 10.1. The van der Waals surface area contributed by atoms with E-state index < -0.39 is 17.7 Å². The number of benzene rings is 1. The minimum Gasteiger partial charge on any atom is -0.478 e. The number of para-hydroxylation sites is 1. The molecule has 6 nitrogen and oxygen atoms in total. The summed E-state index contributed by atoms with van der Waals surface area (Å²) in [5.74, 6) is -0.639. The maximum atomic E-state index is 11.7. The molecule has 0 aliphatic carbocycles. The van der Waals surface area contributed by atoms with Crippen LogP contribution in [0.25, 0.3) is 0 Å². The number of nitrogens with one attached hydrogen (secondary N) is 1. The van der Waals surface area contributed by atoms with E-state index in [-0.39, 0.29) is 5.92 Å². The number of hydrogen-bond donors (Lipinski definition) is 2. The predicted octanol–water partition coefficient (Wildman–Crippen LogP) is 2.74. The van der Waals surface area contributed by atoms with Crippen LogP contribution < -0.4 is 10.2 Å². The average Bonchev–Trinajstić information content (AvgIpc) is 2.92. The van der Waals surface area contributed by atoms with Crippen LogP contribution in [0.2, 0.25) is 0 Å². The van der Waals surface area contributed by atoms with Gasteiger partial charge in [-0.3, -0.25) is 0 Å². The highest BCUT2D eigenvalue weighted by molar-refractivity contribution is 5.94. The number of nitrogens with zero attached hydrogens (tertiary/aromatic N) is 1. The quantitative estimate of drug-likeness (QED) is 0.892. The van der Waals surface area contributed by atoms with Gasteiger partial charge in [0.05, 0.1) is 11.3 Å². The SMILES string of the molecule is CC(C)(C)OC(=O)NC[C@H]1CCN(c2ccccc2C(=O)O)C1. The van der Waals surface area contributed by atoms with Crippen LogP contribution in [0.5, 0.6) is 0 Å². The highest BCUT2D eigenvalue weighted by atomic mass is 16.6. The van der Waals surface area contributed by atoms with Crippen LogP contribution >= 0.6 is 0 Å². The number of amides is 1. The second kappa shape index (κ2) is 6.89. The molecule has 1 heterocycles. The summed E-state index contributed by atoms with van der Waals surface area (Å²) < 4.78 is 5.22. The number of aromatic carboxylic acids is 1. The van der Waals surface area contributed by atoms with E-state index in [1.165, 1.54) is 0 Å². The lowest BCUT2D eigenvalue weighted by Gasteiger charge is -2.22. The van der Waals surface area contributed by atoms with Crippen molar-refractivity contribution in [3.8, 4) is 0 Å². The fraction of sp³-hybridized carbons (Fsp3) is 0.529. The fourth-order valence-electron chi connectivity index (χ4n) is 2.69. The van der Waals surface area contributed by atoms with Crippen LogP contribution in [-0.4, -0.2) is 42.4 Å². The highest BCUT2D eigenvalue weighted by Gasteiger charge is 2.26. The molecule has 0 unspecified atom stereocenters. The van der Waals surface area contributed by atoms with Gasteiger partial charge in [0.1, 0.15) is 5.60 Å². The molecule has 2 N–H and O–H groups in total. The number of ether oxygens (including phenoxy) is 1. The molecule has 1 aromatic carbocycles. The van der Waals surface area contributed by atoms with E-state index in [9.17, 15) is 14.7 Å². The van der Waals surface area contributed by atoms with Crippen LogP contribution in [0.4, 0.5) is 10.5 Å². The first-order chi connectivity index (χ1) is 10.8. The van der Waals surface area contributed by atoms with E-state index in [2.05, 4.69) is 10.2 Å². The van der Waals surface area contributed by atoms with Crippen molar-refractivity contribution in [2.45, 2.75) is 32.8 Å². The number of carbonyl (C=O) groups is 2. The molecular formula is C17H24N2O4. The Balaban J connectivity index is 1.90. The molecule has 1 amide bonds. The minimum atomic E-state index is -0.920. The first-order valence-corrected chi connectivity index (χ1v) is 7.80. The molecule has 0 spiro atoms. The fourth-order valence-corrected chi connectivity index (χ4v) is 2.69. The molecule has 0 radical (unpaired) electrons. The number of carboxylic acid groups (broad SMARTS) is 1. The third-order valence-electron chi connectivity index (χ3n) is 3.69. The zero-order valence-corrected chi connectivity index (χ0v) is 13.8. The van der Waals surface area contributed by atoms with Gasteiger partial charge in [0.2, 0.25) is 0 Å². The Morgan fingerprint density at radius 3 is 2.70 bits per heavy atom. The van der Waals surface area contributed by atoms with Crippen molar-refractivity contribution in [1.82, 2.24) is 5.32 Å². The Kier molecular flexibility index (Phi) is 5.13. The largest absolute Gasteiger partial charge is 0.478 e. The van der Waals surface area contributed by atoms with Gasteiger partial charge in [-0.05, 0) is 45.2 Å². The maximum Gasteiger partial charge on any atom is 0.407 e.